The molecule has 0 amide bonds. The molecule has 0 aromatic carbocycles. The van der Waals surface area contributed by atoms with Gasteiger partial charge < -0.3 is 9.22 Å². The molecule has 2 unspecified atom stereocenters. The van der Waals surface area contributed by atoms with Crippen molar-refractivity contribution < 1.29 is 22.4 Å². The molecule has 6 heteroatoms. The van der Waals surface area contributed by atoms with E-state index in [0.717, 1.165) is 0 Å². The second-order valence-electron chi connectivity index (χ2n) is 6.45. The first kappa shape index (κ1) is 15.4. The highest BCUT2D eigenvalue weighted by atomic mass is 32.2. The van der Waals surface area contributed by atoms with Gasteiger partial charge in [-0.25, -0.2) is 8.42 Å². The molecule has 5 nitrogen and oxygen atoms in total. The van der Waals surface area contributed by atoms with Crippen LogP contribution in [0.4, 0.5) is 0 Å². The summed E-state index contributed by atoms with van der Waals surface area (Å²) in [5.41, 5.74) is 0. The first-order valence-corrected chi connectivity index (χ1v) is 7.56. The summed E-state index contributed by atoms with van der Waals surface area (Å²) in [7, 11) is 2.16. The Morgan fingerprint density at radius 2 is 1.67 bits per heavy atom. The first-order chi connectivity index (χ1) is 7.85. The summed E-state index contributed by atoms with van der Waals surface area (Å²) in [4.78, 5) is 12.1. The van der Waals surface area contributed by atoms with Crippen molar-refractivity contribution >= 4 is 15.8 Å². The predicted molar refractivity (Wildman–Crippen MR) is 69.9 cm³/mol. The lowest BCUT2D eigenvalue weighted by atomic mass is 9.85. The number of quaternary nitrogens is 1. The molecule has 1 aliphatic heterocycles. The van der Waals surface area contributed by atoms with Gasteiger partial charge in [-0.15, -0.1) is 0 Å². The van der Waals surface area contributed by atoms with E-state index in [2.05, 4.69) is 0 Å². The maximum absolute atomic E-state index is 12.5. The van der Waals surface area contributed by atoms with Crippen LogP contribution in [0.2, 0.25) is 0 Å². The molecule has 18 heavy (non-hydrogen) atoms. The molecule has 106 valence electrons. The van der Waals surface area contributed by atoms with Crippen molar-refractivity contribution in [2.75, 3.05) is 27.7 Å². The molecule has 0 aromatic heterocycles. The monoisotopic (exact) mass is 278 g/mol. The molecule has 1 rings (SSSR count). The van der Waals surface area contributed by atoms with E-state index in [0.29, 0.717) is 4.48 Å². The van der Waals surface area contributed by atoms with E-state index in [1.165, 1.54) is 6.92 Å². The molecule has 0 saturated carbocycles. The summed E-state index contributed by atoms with van der Waals surface area (Å²) in [6.07, 6.45) is 0. The Morgan fingerprint density at radius 3 is 2.00 bits per heavy atom. The third-order valence-electron chi connectivity index (χ3n) is 3.89. The van der Waals surface area contributed by atoms with E-state index in [1.807, 2.05) is 21.1 Å². The van der Waals surface area contributed by atoms with Crippen LogP contribution < -0.4 is 0 Å². The van der Waals surface area contributed by atoms with Gasteiger partial charge in [-0.05, 0) is 27.7 Å². The molecule has 0 radical (unpaired) electrons. The standard InChI is InChI=1S/C12H24NO4S/c1-8-17-10(14)12(4)9(13(5,6)7)11(2,3)18(12,15)16/h9H,8H2,1-7H3/q+1. The van der Waals surface area contributed by atoms with E-state index >= 15 is 0 Å². The number of esters is 1. The molecule has 0 bridgehead atoms. The number of ether oxygens (including phenoxy) is 1. The smallest absolute Gasteiger partial charge is 0.333 e. The molecule has 0 N–H and O–H groups in total. The Hall–Kier alpha value is -0.620. The van der Waals surface area contributed by atoms with E-state index < -0.39 is 25.3 Å². The quantitative estimate of drug-likeness (QED) is 0.560. The minimum absolute atomic E-state index is 0.189. The van der Waals surface area contributed by atoms with Gasteiger partial charge in [0, 0.05) is 0 Å². The van der Waals surface area contributed by atoms with Crippen molar-refractivity contribution in [3.05, 3.63) is 0 Å². The fourth-order valence-corrected chi connectivity index (χ4v) is 6.55. The highest BCUT2D eigenvalue weighted by Crippen LogP contribution is 2.52. The van der Waals surface area contributed by atoms with Crippen LogP contribution in [-0.4, -0.2) is 62.2 Å². The van der Waals surface area contributed by atoms with E-state index in [9.17, 15) is 13.2 Å². The van der Waals surface area contributed by atoms with Gasteiger partial charge in [0.15, 0.2) is 9.84 Å². The molecule has 0 spiro atoms. The lowest BCUT2D eigenvalue weighted by molar-refractivity contribution is -0.901. The van der Waals surface area contributed by atoms with Gasteiger partial charge in [0.05, 0.1) is 27.7 Å². The topological polar surface area (TPSA) is 60.4 Å². The molecule has 1 heterocycles. The molecule has 1 aliphatic rings. The maximum Gasteiger partial charge on any atom is 0.333 e. The normalized spacial score (nSPS) is 33.6. The number of carbonyl (C=O) groups is 1. The van der Waals surface area contributed by atoms with Crippen LogP contribution in [0.25, 0.3) is 0 Å². The molecule has 1 saturated heterocycles. The van der Waals surface area contributed by atoms with Gasteiger partial charge in [-0.1, -0.05) is 0 Å². The third-order valence-corrected chi connectivity index (χ3v) is 7.00. The zero-order valence-corrected chi connectivity index (χ0v) is 13.1. The van der Waals surface area contributed by atoms with E-state index in [-0.39, 0.29) is 12.6 Å². The number of hydrogen-bond acceptors (Lipinski definition) is 4. The number of carbonyl (C=O) groups excluding carboxylic acids is 1. The maximum atomic E-state index is 12.5. The molecular formula is C12H24NO4S+. The Balaban J connectivity index is 3.37. The third kappa shape index (κ3) is 1.61. The number of rotatable bonds is 3. The fraction of sp³-hybridized carbons (Fsp3) is 0.917. The van der Waals surface area contributed by atoms with Gasteiger partial charge in [-0.3, -0.25) is 4.79 Å². The highest BCUT2D eigenvalue weighted by molar-refractivity contribution is 7.96. The van der Waals surface area contributed by atoms with Crippen LogP contribution in [0.3, 0.4) is 0 Å². The number of hydrogen-bond donors (Lipinski definition) is 0. The average Bonchev–Trinajstić information content (AvgIpc) is 2.14. The first-order valence-electron chi connectivity index (χ1n) is 6.07. The Bertz CT molecular complexity index is 461. The zero-order chi connectivity index (χ0) is 14.6. The van der Waals surface area contributed by atoms with Gasteiger partial charge >= 0.3 is 5.97 Å². The van der Waals surface area contributed by atoms with Crippen molar-refractivity contribution in [1.82, 2.24) is 0 Å². The van der Waals surface area contributed by atoms with Gasteiger partial charge in [0.25, 0.3) is 0 Å². The lowest BCUT2D eigenvalue weighted by Crippen LogP contribution is -2.84. The van der Waals surface area contributed by atoms with Crippen LogP contribution >= 0.6 is 0 Å². The van der Waals surface area contributed by atoms with Crippen LogP contribution in [0.15, 0.2) is 0 Å². The van der Waals surface area contributed by atoms with Crippen molar-refractivity contribution in [3.63, 3.8) is 0 Å². The van der Waals surface area contributed by atoms with Crippen LogP contribution in [0.1, 0.15) is 27.7 Å². The van der Waals surface area contributed by atoms with Crippen LogP contribution in [0, 0.1) is 0 Å². The minimum atomic E-state index is -3.54. The Morgan fingerprint density at radius 1 is 1.22 bits per heavy atom. The summed E-state index contributed by atoms with van der Waals surface area (Å²) in [6.45, 7) is 6.71. The van der Waals surface area contributed by atoms with Crippen LogP contribution in [0.5, 0.6) is 0 Å². The summed E-state index contributed by atoms with van der Waals surface area (Å²) in [5.74, 6) is -0.637. The Labute approximate surface area is 110 Å². The molecule has 0 aromatic rings. The van der Waals surface area contributed by atoms with Crippen molar-refractivity contribution in [1.29, 1.82) is 0 Å². The largest absolute Gasteiger partial charge is 0.465 e. The van der Waals surface area contributed by atoms with Gasteiger partial charge in [-0.2, -0.15) is 0 Å². The summed E-state index contributed by atoms with van der Waals surface area (Å²) < 4.78 is 27.9. The highest BCUT2D eigenvalue weighted by Gasteiger charge is 2.79. The second kappa shape index (κ2) is 3.93. The summed E-state index contributed by atoms with van der Waals surface area (Å²) in [6, 6.07) is -0.325. The second-order valence-corrected chi connectivity index (χ2v) is 9.36. The predicted octanol–water partition coefficient (Wildman–Crippen LogP) is 0.590. The lowest BCUT2D eigenvalue weighted by Gasteiger charge is -2.59. The molecule has 0 aliphatic carbocycles. The van der Waals surface area contributed by atoms with E-state index in [1.54, 1.807) is 20.8 Å². The van der Waals surface area contributed by atoms with Gasteiger partial charge in [0.1, 0.15) is 10.8 Å². The summed E-state index contributed by atoms with van der Waals surface area (Å²) in [5, 5.41) is 0. The Kier molecular flexibility index (Phi) is 3.37. The van der Waals surface area contributed by atoms with Crippen LogP contribution in [-0.2, 0) is 19.4 Å². The fourth-order valence-electron chi connectivity index (χ4n) is 3.61. The van der Waals surface area contributed by atoms with E-state index in [4.69, 9.17) is 4.74 Å². The SMILES string of the molecule is CCOC(=O)C1(C)C([N+](C)(C)C)C(C)(C)S1(=O)=O. The van der Waals surface area contributed by atoms with Crippen molar-refractivity contribution in [2.45, 2.75) is 43.2 Å². The average molecular weight is 278 g/mol. The molecule has 2 atom stereocenters. The van der Waals surface area contributed by atoms with Crippen molar-refractivity contribution in [3.8, 4) is 0 Å². The number of sulfone groups is 1. The zero-order valence-electron chi connectivity index (χ0n) is 12.3. The summed E-state index contributed by atoms with van der Waals surface area (Å²) >= 11 is 0. The molecular weight excluding hydrogens is 254 g/mol. The molecule has 1 fully saturated rings. The van der Waals surface area contributed by atoms with Gasteiger partial charge in [0.2, 0.25) is 4.75 Å². The van der Waals surface area contributed by atoms with Crippen molar-refractivity contribution in [2.24, 2.45) is 0 Å². The number of nitrogens with zero attached hydrogens (tertiary/aromatic N) is 1. The minimum Gasteiger partial charge on any atom is -0.465 e.